The van der Waals surface area contributed by atoms with E-state index < -0.39 is 35.1 Å². The Labute approximate surface area is 136 Å². The molecule has 1 unspecified atom stereocenters. The van der Waals surface area contributed by atoms with Crippen LogP contribution in [0.2, 0.25) is 5.15 Å². The molecule has 124 valence electrons. The molecule has 11 heteroatoms. The van der Waals surface area contributed by atoms with E-state index in [4.69, 9.17) is 16.3 Å². The number of halogens is 4. The average molecular weight is 367 g/mol. The summed E-state index contributed by atoms with van der Waals surface area (Å²) in [6.07, 6.45) is -1.33. The van der Waals surface area contributed by atoms with Crippen LogP contribution in [0.5, 0.6) is 5.88 Å². The number of ether oxygens (including phenoxy) is 1. The number of pyridine rings is 1. The fourth-order valence-corrected chi connectivity index (χ4v) is 2.84. The van der Waals surface area contributed by atoms with Crippen LogP contribution in [0.25, 0.3) is 10.9 Å². The molecule has 0 N–H and O–H groups in total. The van der Waals surface area contributed by atoms with Crippen molar-refractivity contribution in [3.8, 4) is 5.88 Å². The van der Waals surface area contributed by atoms with Crippen molar-refractivity contribution in [3.05, 3.63) is 11.0 Å². The Bertz CT molecular complexity index is 765. The molecule has 6 nitrogen and oxygen atoms in total. The molecule has 0 amide bonds. The van der Waals surface area contributed by atoms with Crippen molar-refractivity contribution in [2.45, 2.75) is 11.6 Å². The topological polar surface area (TPSA) is 74.2 Å². The van der Waals surface area contributed by atoms with Crippen molar-refractivity contribution in [2.24, 2.45) is 0 Å². The van der Waals surface area contributed by atoms with Gasteiger partial charge in [-0.3, -0.25) is 0 Å². The van der Waals surface area contributed by atoms with Crippen LogP contribution in [0.1, 0.15) is 0 Å². The van der Waals surface area contributed by atoms with Gasteiger partial charge in [-0.1, -0.05) is 11.6 Å². The molecule has 0 fully saturated rings. The number of hydrogen-bond acceptors (Lipinski definition) is 6. The van der Waals surface area contributed by atoms with E-state index in [1.165, 1.54) is 11.2 Å². The number of anilines is 1. The van der Waals surface area contributed by atoms with Crippen LogP contribution in [-0.2, 0) is 11.2 Å². The second kappa shape index (κ2) is 6.17. The third kappa shape index (κ3) is 2.98. The Morgan fingerprint density at radius 2 is 2.13 bits per heavy atom. The molecule has 1 aliphatic heterocycles. The lowest BCUT2D eigenvalue weighted by Gasteiger charge is -2.21. The number of nitrogens with zero attached hydrogens (tertiary/aromatic N) is 4. The molecule has 3 heterocycles. The van der Waals surface area contributed by atoms with Gasteiger partial charge in [-0.15, -0.1) is 0 Å². The average Bonchev–Trinajstić information content (AvgIpc) is 2.64. The molecule has 1 atom stereocenters. The molecule has 0 saturated heterocycles. The molecule has 0 spiro atoms. The number of hydrogen-bond donors (Lipinski definition) is 0. The third-order valence-corrected chi connectivity index (χ3v) is 4.13. The van der Waals surface area contributed by atoms with E-state index in [1.807, 2.05) is 0 Å². The third-order valence-electron chi connectivity index (χ3n) is 3.19. The van der Waals surface area contributed by atoms with Crippen molar-refractivity contribution < 1.29 is 22.5 Å². The van der Waals surface area contributed by atoms with Gasteiger partial charge in [0.05, 0.1) is 13.1 Å². The molecule has 0 aromatic carbocycles. The molecule has 2 aromatic rings. The Hall–Kier alpha value is -1.52. The zero-order chi connectivity index (χ0) is 16.7. The molecule has 0 aliphatic carbocycles. The molecule has 23 heavy (non-hydrogen) atoms. The van der Waals surface area contributed by atoms with Gasteiger partial charge in [0.1, 0.15) is 23.8 Å². The van der Waals surface area contributed by atoms with Crippen LogP contribution in [0.4, 0.5) is 19.0 Å². The van der Waals surface area contributed by atoms with Gasteiger partial charge < -0.3 is 14.2 Å². The van der Waals surface area contributed by atoms with Gasteiger partial charge in [-0.25, -0.2) is 13.2 Å². The summed E-state index contributed by atoms with van der Waals surface area (Å²) in [6.45, 7) is -0.505. The lowest BCUT2D eigenvalue weighted by atomic mass is 10.2. The summed E-state index contributed by atoms with van der Waals surface area (Å²) in [5.41, 5.74) is -0.253. The van der Waals surface area contributed by atoms with Gasteiger partial charge in [0, 0.05) is 11.2 Å². The SMILES string of the molecule is C[S+]([O-])c1nc2c3c(nc(Cl)c(F)c3n1)OCCN2CC(F)F. The van der Waals surface area contributed by atoms with Crippen molar-refractivity contribution in [2.75, 3.05) is 30.9 Å². The first kappa shape index (κ1) is 16.3. The largest absolute Gasteiger partial charge is 0.609 e. The molecule has 1 aliphatic rings. The molecular weight excluding hydrogens is 357 g/mol. The van der Waals surface area contributed by atoms with E-state index >= 15 is 0 Å². The number of rotatable bonds is 3. The van der Waals surface area contributed by atoms with Crippen LogP contribution < -0.4 is 9.64 Å². The Morgan fingerprint density at radius 3 is 2.78 bits per heavy atom. The normalized spacial score (nSPS) is 15.7. The van der Waals surface area contributed by atoms with Crippen molar-refractivity contribution in [1.29, 1.82) is 0 Å². The lowest BCUT2D eigenvalue weighted by molar-refractivity contribution is 0.153. The van der Waals surface area contributed by atoms with Gasteiger partial charge in [0.25, 0.3) is 6.43 Å². The monoisotopic (exact) mass is 366 g/mol. The minimum atomic E-state index is -2.64. The van der Waals surface area contributed by atoms with Crippen LogP contribution in [0.15, 0.2) is 5.16 Å². The summed E-state index contributed by atoms with van der Waals surface area (Å²) in [5.74, 6) is -0.967. The Balaban J connectivity index is 2.33. The van der Waals surface area contributed by atoms with Crippen molar-refractivity contribution >= 4 is 39.5 Å². The maximum atomic E-state index is 14.3. The van der Waals surface area contributed by atoms with Gasteiger partial charge >= 0.3 is 5.16 Å². The zero-order valence-electron chi connectivity index (χ0n) is 11.7. The van der Waals surface area contributed by atoms with Crippen LogP contribution in [-0.4, -0.2) is 51.9 Å². The van der Waals surface area contributed by atoms with E-state index in [0.29, 0.717) is 0 Å². The second-order valence-corrected chi connectivity index (χ2v) is 6.35. The smallest absolute Gasteiger partial charge is 0.345 e. The molecule has 0 bridgehead atoms. The Morgan fingerprint density at radius 1 is 1.39 bits per heavy atom. The summed E-state index contributed by atoms with van der Waals surface area (Å²) in [4.78, 5) is 12.9. The second-order valence-electron chi connectivity index (χ2n) is 4.71. The van der Waals surface area contributed by atoms with E-state index in [2.05, 4.69) is 15.0 Å². The van der Waals surface area contributed by atoms with E-state index in [9.17, 15) is 17.7 Å². The van der Waals surface area contributed by atoms with Crippen LogP contribution in [0.3, 0.4) is 0 Å². The first-order valence-corrected chi connectivity index (χ1v) is 8.38. The molecular formula is C12H10ClF3N4O2S. The summed E-state index contributed by atoms with van der Waals surface area (Å²) >= 11 is 4.08. The van der Waals surface area contributed by atoms with E-state index in [0.717, 1.165) is 0 Å². The highest BCUT2D eigenvalue weighted by Gasteiger charge is 2.29. The number of aromatic nitrogens is 3. The lowest BCUT2D eigenvalue weighted by Crippen LogP contribution is -2.32. The van der Waals surface area contributed by atoms with Gasteiger partial charge in [-0.2, -0.15) is 15.0 Å². The fourth-order valence-electron chi connectivity index (χ4n) is 2.24. The highest BCUT2D eigenvalue weighted by Crippen LogP contribution is 2.37. The number of alkyl halides is 2. The molecule has 2 aromatic heterocycles. The van der Waals surface area contributed by atoms with Crippen LogP contribution in [0, 0.1) is 5.82 Å². The quantitative estimate of drug-likeness (QED) is 0.470. The molecule has 3 rings (SSSR count). The highest BCUT2D eigenvalue weighted by molar-refractivity contribution is 7.90. The maximum Gasteiger partial charge on any atom is 0.345 e. The summed E-state index contributed by atoms with van der Waals surface area (Å²) in [7, 11) is 0. The maximum absolute atomic E-state index is 14.3. The Kier molecular flexibility index (Phi) is 4.39. The van der Waals surface area contributed by atoms with E-state index in [-0.39, 0.29) is 40.9 Å². The predicted octanol–water partition coefficient (Wildman–Crippen LogP) is 2.02. The minimum absolute atomic E-state index is 0.0102. The summed E-state index contributed by atoms with van der Waals surface area (Å²) in [5, 5.41) is -0.604. The first-order chi connectivity index (χ1) is 10.9. The van der Waals surface area contributed by atoms with Crippen LogP contribution >= 0.6 is 11.6 Å². The minimum Gasteiger partial charge on any atom is -0.609 e. The fraction of sp³-hybridized carbons (Fsp3) is 0.417. The van der Waals surface area contributed by atoms with Crippen molar-refractivity contribution in [3.63, 3.8) is 0 Å². The van der Waals surface area contributed by atoms with E-state index in [1.54, 1.807) is 0 Å². The highest BCUT2D eigenvalue weighted by atomic mass is 35.5. The summed E-state index contributed by atoms with van der Waals surface area (Å²) in [6, 6.07) is 0. The first-order valence-electron chi connectivity index (χ1n) is 6.44. The van der Waals surface area contributed by atoms with Gasteiger partial charge in [0.2, 0.25) is 5.88 Å². The molecule has 0 radical (unpaired) electrons. The predicted molar refractivity (Wildman–Crippen MR) is 78.3 cm³/mol. The standard InChI is InChI=1S/C12H10ClF3N4O2S/c1-23(21)12-17-8-6-10(19-12)20(4-5(14)15)2-3-22-11(6)18-9(13)7(8)16/h5H,2-4H2,1H3. The van der Waals surface area contributed by atoms with Crippen molar-refractivity contribution in [1.82, 2.24) is 15.0 Å². The molecule has 0 saturated carbocycles. The van der Waals surface area contributed by atoms with Gasteiger partial charge in [0.15, 0.2) is 16.8 Å². The zero-order valence-corrected chi connectivity index (χ0v) is 13.3. The summed E-state index contributed by atoms with van der Waals surface area (Å²) < 4.78 is 57.0. The van der Waals surface area contributed by atoms with Gasteiger partial charge in [-0.05, 0) is 0 Å².